The van der Waals surface area contributed by atoms with Gasteiger partial charge in [-0.25, -0.2) is 0 Å². The number of aromatic nitrogens is 1. The number of rotatable bonds is 11. The Morgan fingerprint density at radius 2 is 1.97 bits per heavy atom. The van der Waals surface area contributed by atoms with Gasteiger partial charge in [0, 0.05) is 54.1 Å². The number of hydrogen-bond donors (Lipinski definition) is 1. The summed E-state index contributed by atoms with van der Waals surface area (Å²) < 4.78 is 5.33. The molecule has 7 heteroatoms. The molecule has 2 fully saturated rings. The number of carbonyl (C=O) groups excluding carboxylic acids is 1. The first-order valence-electron chi connectivity index (χ1n) is 13.0. The summed E-state index contributed by atoms with van der Waals surface area (Å²) in [5, 5.41) is 11.2. The molecule has 0 unspecified atom stereocenters. The van der Waals surface area contributed by atoms with Crippen molar-refractivity contribution in [3.63, 3.8) is 0 Å². The van der Waals surface area contributed by atoms with Crippen LogP contribution in [0.15, 0.2) is 30.5 Å². The highest BCUT2D eigenvalue weighted by Crippen LogP contribution is 2.33. The third kappa shape index (κ3) is 7.20. The van der Waals surface area contributed by atoms with Crippen LogP contribution in [0.25, 0.3) is 10.9 Å². The van der Waals surface area contributed by atoms with E-state index >= 15 is 0 Å². The van der Waals surface area contributed by atoms with Crippen LogP contribution < -0.4 is 4.74 Å². The highest BCUT2D eigenvalue weighted by atomic mass is 32.2. The van der Waals surface area contributed by atoms with Crippen molar-refractivity contribution in [3.05, 3.63) is 36.0 Å². The molecule has 35 heavy (non-hydrogen) atoms. The molecule has 1 aromatic heterocycles. The largest absolute Gasteiger partial charge is 0.497 e. The Hall–Kier alpha value is -2.12. The van der Waals surface area contributed by atoms with Crippen LogP contribution >= 0.6 is 11.8 Å². The van der Waals surface area contributed by atoms with E-state index in [1.807, 2.05) is 18.2 Å². The SMILES string of the molecule is COc1ccc2nccc(C(=O)CC[C@@H]3CCN(CCSC4CCCCC4)C[C@@H]3CC(=O)O)c2c1. The topological polar surface area (TPSA) is 79.7 Å². The van der Waals surface area contributed by atoms with Crippen LogP contribution in [0.4, 0.5) is 0 Å². The van der Waals surface area contributed by atoms with Gasteiger partial charge in [0.05, 0.1) is 12.6 Å². The molecule has 1 saturated carbocycles. The lowest BCUT2D eigenvalue weighted by Crippen LogP contribution is -2.42. The summed E-state index contributed by atoms with van der Waals surface area (Å²) in [7, 11) is 1.61. The lowest BCUT2D eigenvalue weighted by molar-refractivity contribution is -0.139. The van der Waals surface area contributed by atoms with E-state index < -0.39 is 5.97 Å². The van der Waals surface area contributed by atoms with Crippen LogP contribution in [0.1, 0.15) is 68.1 Å². The standard InChI is InChI=1S/C28H38N2O4S/c1-34-22-8-9-26-25(18-22)24(11-13-29-26)27(31)10-7-20-12-14-30(19-21(20)17-28(32)33)15-16-35-23-5-3-2-4-6-23/h8-9,11,13,18,20-21,23H,2-7,10,12,14-17,19H2,1H3,(H,32,33)/t20-,21+/m1/s1. The Labute approximate surface area is 212 Å². The number of hydrogen-bond acceptors (Lipinski definition) is 6. The first-order chi connectivity index (χ1) is 17.0. The summed E-state index contributed by atoms with van der Waals surface area (Å²) in [5.41, 5.74) is 1.45. The number of carboxylic acid groups (broad SMARTS) is 1. The molecule has 190 valence electrons. The van der Waals surface area contributed by atoms with Gasteiger partial charge in [0.25, 0.3) is 0 Å². The zero-order valence-electron chi connectivity index (χ0n) is 20.8. The van der Waals surface area contributed by atoms with Gasteiger partial charge >= 0.3 is 5.97 Å². The van der Waals surface area contributed by atoms with Gasteiger partial charge in [-0.1, -0.05) is 19.3 Å². The van der Waals surface area contributed by atoms with Crippen LogP contribution in [0.5, 0.6) is 5.75 Å². The van der Waals surface area contributed by atoms with E-state index in [4.69, 9.17) is 4.74 Å². The van der Waals surface area contributed by atoms with Crippen LogP contribution in [0, 0.1) is 11.8 Å². The van der Waals surface area contributed by atoms with Gasteiger partial charge in [0.2, 0.25) is 0 Å². The monoisotopic (exact) mass is 498 g/mol. The maximum absolute atomic E-state index is 13.2. The Balaban J connectivity index is 1.33. The van der Waals surface area contributed by atoms with E-state index in [1.165, 1.54) is 32.1 Å². The number of benzene rings is 1. The van der Waals surface area contributed by atoms with Gasteiger partial charge in [-0.05, 0) is 68.3 Å². The van der Waals surface area contributed by atoms with E-state index in [2.05, 4.69) is 21.6 Å². The second kappa shape index (κ2) is 12.7. The smallest absolute Gasteiger partial charge is 0.303 e. The second-order valence-electron chi connectivity index (χ2n) is 10.0. The zero-order chi connectivity index (χ0) is 24.6. The van der Waals surface area contributed by atoms with Crippen LogP contribution in [-0.2, 0) is 4.79 Å². The fourth-order valence-corrected chi connectivity index (χ4v) is 7.09. The summed E-state index contributed by atoms with van der Waals surface area (Å²) in [6.07, 6.45) is 10.8. The molecule has 4 rings (SSSR count). The number of aliphatic carboxylic acids is 1. The predicted octanol–water partition coefficient (Wildman–Crippen LogP) is 5.69. The molecular formula is C28H38N2O4S. The first kappa shape index (κ1) is 26.0. The van der Waals surface area contributed by atoms with Crippen molar-refractivity contribution in [3.8, 4) is 5.75 Å². The van der Waals surface area contributed by atoms with Crippen molar-refractivity contribution < 1.29 is 19.4 Å². The van der Waals surface area contributed by atoms with Crippen LogP contribution in [0.3, 0.4) is 0 Å². The fraction of sp³-hybridized carbons (Fsp3) is 0.607. The van der Waals surface area contributed by atoms with Crippen LogP contribution in [-0.4, -0.2) is 64.5 Å². The van der Waals surface area contributed by atoms with E-state index in [1.54, 1.807) is 19.4 Å². The van der Waals surface area contributed by atoms with Crippen molar-refractivity contribution in [1.29, 1.82) is 0 Å². The highest BCUT2D eigenvalue weighted by Gasteiger charge is 2.31. The van der Waals surface area contributed by atoms with Crippen molar-refractivity contribution in [2.45, 2.75) is 63.0 Å². The van der Waals surface area contributed by atoms with Gasteiger partial charge in [-0.3, -0.25) is 14.6 Å². The molecule has 2 atom stereocenters. The minimum absolute atomic E-state index is 0.0889. The minimum atomic E-state index is -0.739. The third-order valence-corrected chi connectivity index (χ3v) is 9.08. The molecule has 2 aromatic rings. The number of ether oxygens (including phenoxy) is 1. The predicted molar refractivity (Wildman–Crippen MR) is 141 cm³/mol. The lowest BCUT2D eigenvalue weighted by atomic mass is 9.79. The summed E-state index contributed by atoms with van der Waals surface area (Å²) in [4.78, 5) is 31.6. The summed E-state index contributed by atoms with van der Waals surface area (Å²) in [6, 6.07) is 7.37. The molecule has 1 aliphatic carbocycles. The van der Waals surface area contributed by atoms with Crippen molar-refractivity contribution >= 4 is 34.4 Å². The zero-order valence-corrected chi connectivity index (χ0v) is 21.6. The Bertz CT molecular complexity index is 1010. The number of ketones is 1. The van der Waals surface area contributed by atoms with Crippen LogP contribution in [0.2, 0.25) is 0 Å². The summed E-state index contributed by atoms with van der Waals surface area (Å²) >= 11 is 2.11. The number of carboxylic acids is 1. The number of fused-ring (bicyclic) bond motifs is 1. The average Bonchev–Trinajstić information content (AvgIpc) is 2.87. The molecule has 2 heterocycles. The minimum Gasteiger partial charge on any atom is -0.497 e. The number of thioether (sulfide) groups is 1. The number of pyridine rings is 1. The molecule has 0 amide bonds. The van der Waals surface area contributed by atoms with E-state index in [0.717, 1.165) is 54.4 Å². The Kier molecular flexibility index (Phi) is 9.44. The molecular weight excluding hydrogens is 460 g/mol. The Morgan fingerprint density at radius 1 is 1.14 bits per heavy atom. The van der Waals surface area contributed by atoms with E-state index in [-0.39, 0.29) is 24.0 Å². The molecule has 6 nitrogen and oxygen atoms in total. The quantitative estimate of drug-likeness (QED) is 0.399. The number of methoxy groups -OCH3 is 1. The number of Topliss-reactive ketones (excluding diaryl/α,β-unsaturated/α-hetero) is 1. The number of carbonyl (C=O) groups is 2. The average molecular weight is 499 g/mol. The summed E-state index contributed by atoms with van der Waals surface area (Å²) in [6.45, 7) is 2.86. The molecule has 0 spiro atoms. The van der Waals surface area contributed by atoms with Crippen molar-refractivity contribution in [1.82, 2.24) is 9.88 Å². The maximum atomic E-state index is 13.2. The molecule has 1 N–H and O–H groups in total. The molecule has 1 saturated heterocycles. The molecule has 2 aliphatic rings. The number of nitrogens with zero attached hydrogens (tertiary/aromatic N) is 2. The highest BCUT2D eigenvalue weighted by molar-refractivity contribution is 7.99. The van der Waals surface area contributed by atoms with E-state index in [0.29, 0.717) is 17.7 Å². The molecule has 1 aliphatic heterocycles. The number of piperidine rings is 1. The van der Waals surface area contributed by atoms with Crippen molar-refractivity contribution in [2.24, 2.45) is 11.8 Å². The lowest BCUT2D eigenvalue weighted by Gasteiger charge is -2.38. The molecule has 1 aromatic carbocycles. The second-order valence-corrected chi connectivity index (χ2v) is 11.4. The maximum Gasteiger partial charge on any atom is 0.303 e. The first-order valence-corrected chi connectivity index (χ1v) is 14.1. The molecule has 0 bridgehead atoms. The van der Waals surface area contributed by atoms with Gasteiger partial charge in [-0.2, -0.15) is 11.8 Å². The number of likely N-dealkylation sites (tertiary alicyclic amines) is 1. The Morgan fingerprint density at radius 3 is 2.74 bits per heavy atom. The summed E-state index contributed by atoms with van der Waals surface area (Å²) in [5.74, 6) is 1.55. The molecule has 0 radical (unpaired) electrons. The van der Waals surface area contributed by atoms with Crippen molar-refractivity contribution in [2.75, 3.05) is 32.5 Å². The fourth-order valence-electron chi connectivity index (χ4n) is 5.72. The van der Waals surface area contributed by atoms with Gasteiger partial charge in [-0.15, -0.1) is 0 Å². The van der Waals surface area contributed by atoms with Gasteiger partial charge in [0.15, 0.2) is 5.78 Å². The van der Waals surface area contributed by atoms with Gasteiger partial charge in [0.1, 0.15) is 5.75 Å². The normalized spacial score (nSPS) is 21.7. The van der Waals surface area contributed by atoms with E-state index in [9.17, 15) is 14.7 Å². The third-order valence-electron chi connectivity index (χ3n) is 7.72. The van der Waals surface area contributed by atoms with Gasteiger partial charge < -0.3 is 14.7 Å².